The van der Waals surface area contributed by atoms with Gasteiger partial charge in [-0.3, -0.25) is 4.39 Å². The van der Waals surface area contributed by atoms with Crippen molar-refractivity contribution in [1.29, 1.82) is 0 Å². The zero-order valence-corrected chi connectivity index (χ0v) is 4.47. The third-order valence-electron chi connectivity index (χ3n) is 0. The summed E-state index contributed by atoms with van der Waals surface area (Å²) in [4.78, 5) is 21.6. The fraction of sp³-hybridized carbons (Fsp3) is 1.00. The predicted molar refractivity (Wildman–Crippen MR) is 21.3 cm³/mol. The van der Waals surface area contributed by atoms with Gasteiger partial charge in [-0.05, 0) is 0 Å². The zero-order valence-electron chi connectivity index (χ0n) is 3.58. The Kier molecular flexibility index (Phi) is 6.07. The molecule has 7 heavy (non-hydrogen) atoms. The molecule has 0 heterocycles. The van der Waals surface area contributed by atoms with E-state index in [1.54, 1.807) is 0 Å². The van der Waals surface area contributed by atoms with Gasteiger partial charge in [0.05, 0.1) is 7.18 Å². The Labute approximate surface area is 39.8 Å². The SMILES string of the molecule is CF.O=P(O)(O)O. The molecule has 6 heteroatoms. The quantitative estimate of drug-likeness (QED) is 0.394. The summed E-state index contributed by atoms with van der Waals surface area (Å²) in [6, 6.07) is 0. The molecule has 0 aromatic rings. The molecule has 0 aromatic heterocycles. The molecule has 0 unspecified atom stereocenters. The number of rotatable bonds is 0. The molecule has 0 spiro atoms. The number of hydrogen-bond donors (Lipinski definition) is 3. The van der Waals surface area contributed by atoms with Gasteiger partial charge in [0.2, 0.25) is 0 Å². The van der Waals surface area contributed by atoms with Crippen LogP contribution in [0.25, 0.3) is 0 Å². The monoisotopic (exact) mass is 132 g/mol. The van der Waals surface area contributed by atoms with E-state index in [2.05, 4.69) is 0 Å². The molecule has 0 fully saturated rings. The standard InChI is InChI=1S/CH3F.H3O4P/c1-2;1-5(2,3)4/h1H3;(H3,1,2,3,4). The summed E-state index contributed by atoms with van der Waals surface area (Å²) in [7, 11) is -4.14. The van der Waals surface area contributed by atoms with Crippen molar-refractivity contribution >= 4 is 7.82 Å². The Morgan fingerprint density at radius 1 is 1.29 bits per heavy atom. The van der Waals surface area contributed by atoms with Crippen molar-refractivity contribution in [2.24, 2.45) is 0 Å². The molecule has 0 saturated heterocycles. The highest BCUT2D eigenvalue weighted by molar-refractivity contribution is 7.45. The van der Waals surface area contributed by atoms with E-state index in [1.165, 1.54) is 0 Å². The first kappa shape index (κ1) is 10.1. The Hall–Kier alpha value is 0.0400. The van der Waals surface area contributed by atoms with E-state index in [4.69, 9.17) is 19.2 Å². The maximum absolute atomic E-state index is 9.50. The fourth-order valence-corrected chi connectivity index (χ4v) is 0. The van der Waals surface area contributed by atoms with Crippen molar-refractivity contribution in [3.05, 3.63) is 0 Å². The van der Waals surface area contributed by atoms with Gasteiger partial charge in [0, 0.05) is 0 Å². The lowest BCUT2D eigenvalue weighted by atomic mass is 11.9. The van der Waals surface area contributed by atoms with Gasteiger partial charge in [-0.1, -0.05) is 0 Å². The van der Waals surface area contributed by atoms with E-state index >= 15 is 0 Å². The lowest BCUT2D eigenvalue weighted by Crippen LogP contribution is -1.66. The fourth-order valence-electron chi connectivity index (χ4n) is 0. The molecule has 0 aliphatic heterocycles. The van der Waals surface area contributed by atoms with Crippen LogP contribution in [-0.2, 0) is 4.57 Å². The summed E-state index contributed by atoms with van der Waals surface area (Å²) in [6.07, 6.45) is 0. The zero-order chi connectivity index (χ0) is 6.50. The van der Waals surface area contributed by atoms with Gasteiger partial charge in [-0.25, -0.2) is 4.57 Å². The predicted octanol–water partition coefficient (Wildman–Crippen LogP) is -0.343. The van der Waals surface area contributed by atoms with Crippen LogP contribution in [0.4, 0.5) is 4.39 Å². The van der Waals surface area contributed by atoms with Crippen molar-refractivity contribution in [3.8, 4) is 0 Å². The molecule has 0 bridgehead atoms. The number of alkyl halides is 1. The smallest absolute Gasteiger partial charge is 0.303 e. The van der Waals surface area contributed by atoms with Crippen LogP contribution < -0.4 is 0 Å². The molecule has 0 amide bonds. The lowest BCUT2D eigenvalue weighted by Gasteiger charge is -1.82. The summed E-state index contributed by atoms with van der Waals surface area (Å²) in [5.41, 5.74) is 0. The molecule has 0 rings (SSSR count). The molecule has 0 aliphatic rings. The van der Waals surface area contributed by atoms with Crippen LogP contribution in [0.1, 0.15) is 0 Å². The molecule has 0 atom stereocenters. The van der Waals surface area contributed by atoms with E-state index < -0.39 is 7.82 Å². The van der Waals surface area contributed by atoms with Crippen LogP contribution in [-0.4, -0.2) is 21.9 Å². The summed E-state index contributed by atoms with van der Waals surface area (Å²) in [5.74, 6) is 0. The van der Waals surface area contributed by atoms with Gasteiger partial charge in [0.25, 0.3) is 0 Å². The topological polar surface area (TPSA) is 77.8 Å². The largest absolute Gasteiger partial charge is 0.466 e. The van der Waals surface area contributed by atoms with Gasteiger partial charge >= 0.3 is 7.82 Å². The van der Waals surface area contributed by atoms with Crippen LogP contribution in [0, 0.1) is 0 Å². The first-order valence-electron chi connectivity index (χ1n) is 1.16. The first-order chi connectivity index (χ1) is 3.00. The van der Waals surface area contributed by atoms with Gasteiger partial charge in [0.15, 0.2) is 0 Å². The first-order valence-corrected chi connectivity index (χ1v) is 2.73. The normalized spacial score (nSPS) is 9.29. The summed E-state index contributed by atoms with van der Waals surface area (Å²) in [6.45, 7) is 0. The highest BCUT2D eigenvalue weighted by atomic mass is 31.2. The maximum Gasteiger partial charge on any atom is 0.466 e. The van der Waals surface area contributed by atoms with E-state index in [9.17, 15) is 4.39 Å². The minimum absolute atomic E-state index is 0.500. The molecular formula is CH6FO4P. The van der Waals surface area contributed by atoms with Gasteiger partial charge in [0.1, 0.15) is 0 Å². The summed E-state index contributed by atoms with van der Waals surface area (Å²) >= 11 is 0. The Balaban J connectivity index is 0. The molecule has 0 radical (unpaired) electrons. The van der Waals surface area contributed by atoms with E-state index in [-0.39, 0.29) is 0 Å². The minimum Gasteiger partial charge on any atom is -0.303 e. The van der Waals surface area contributed by atoms with Gasteiger partial charge < -0.3 is 14.7 Å². The molecular weight excluding hydrogens is 126 g/mol. The highest BCUT2D eigenvalue weighted by Gasteiger charge is 2.00. The summed E-state index contributed by atoms with van der Waals surface area (Å²) < 4.78 is 18.4. The van der Waals surface area contributed by atoms with Crippen molar-refractivity contribution in [2.75, 3.05) is 7.18 Å². The number of halogens is 1. The third-order valence-corrected chi connectivity index (χ3v) is 0. The Bertz CT molecular complexity index is 57.8. The van der Waals surface area contributed by atoms with Gasteiger partial charge in [-0.2, -0.15) is 0 Å². The number of phosphoric acid groups is 1. The van der Waals surface area contributed by atoms with Crippen molar-refractivity contribution in [3.63, 3.8) is 0 Å². The second kappa shape index (κ2) is 4.21. The average Bonchev–Trinajstić information content (AvgIpc) is 1.36. The van der Waals surface area contributed by atoms with Crippen LogP contribution in [0.2, 0.25) is 0 Å². The van der Waals surface area contributed by atoms with Crippen LogP contribution >= 0.6 is 7.82 Å². The van der Waals surface area contributed by atoms with Crippen molar-refractivity contribution in [1.82, 2.24) is 0 Å². The Morgan fingerprint density at radius 2 is 1.29 bits per heavy atom. The third kappa shape index (κ3) is 61600. The van der Waals surface area contributed by atoms with Crippen molar-refractivity contribution in [2.45, 2.75) is 0 Å². The molecule has 46 valence electrons. The lowest BCUT2D eigenvalue weighted by molar-refractivity contribution is 0.275. The average molecular weight is 132 g/mol. The molecule has 3 N–H and O–H groups in total. The van der Waals surface area contributed by atoms with Crippen LogP contribution in [0.3, 0.4) is 0 Å². The Morgan fingerprint density at radius 3 is 1.29 bits per heavy atom. The molecule has 0 aromatic carbocycles. The molecule has 0 saturated carbocycles. The molecule has 4 nitrogen and oxygen atoms in total. The van der Waals surface area contributed by atoms with E-state index in [0.717, 1.165) is 0 Å². The highest BCUT2D eigenvalue weighted by Crippen LogP contribution is 2.25. The minimum atomic E-state index is -4.64. The van der Waals surface area contributed by atoms with E-state index in [0.29, 0.717) is 7.18 Å². The maximum atomic E-state index is 9.50. The molecule has 0 aliphatic carbocycles. The van der Waals surface area contributed by atoms with Crippen molar-refractivity contribution < 1.29 is 23.6 Å². The van der Waals surface area contributed by atoms with Crippen LogP contribution in [0.15, 0.2) is 0 Å². The second-order valence-corrected chi connectivity index (χ2v) is 1.54. The van der Waals surface area contributed by atoms with Crippen LogP contribution in [0.5, 0.6) is 0 Å². The second-order valence-electron chi connectivity index (χ2n) is 0.513. The number of hydrogen-bond acceptors (Lipinski definition) is 1. The van der Waals surface area contributed by atoms with E-state index in [1.807, 2.05) is 0 Å². The van der Waals surface area contributed by atoms with Gasteiger partial charge in [-0.15, -0.1) is 0 Å². The summed E-state index contributed by atoms with van der Waals surface area (Å²) in [5, 5.41) is 0.